The van der Waals surface area contributed by atoms with Gasteiger partial charge in [-0.3, -0.25) is 4.68 Å². The van der Waals surface area contributed by atoms with Gasteiger partial charge in [-0.15, -0.1) is 11.3 Å². The van der Waals surface area contributed by atoms with Gasteiger partial charge in [-0.1, -0.05) is 12.1 Å². The number of nitrogen functional groups attached to an aromatic ring is 1. The molecule has 3 aromatic rings. The van der Waals surface area contributed by atoms with E-state index in [1.54, 1.807) is 16.0 Å². The minimum atomic E-state index is 0.665. The van der Waals surface area contributed by atoms with Gasteiger partial charge in [0.1, 0.15) is 5.82 Å². The van der Waals surface area contributed by atoms with Gasteiger partial charge < -0.3 is 5.73 Å². The molecular formula is C12H12N4S. The second-order valence-corrected chi connectivity index (χ2v) is 5.17. The van der Waals surface area contributed by atoms with Crippen molar-refractivity contribution >= 4 is 27.4 Å². The van der Waals surface area contributed by atoms with Crippen molar-refractivity contribution in [3.05, 3.63) is 29.3 Å². The van der Waals surface area contributed by atoms with Crippen molar-refractivity contribution in [3.63, 3.8) is 0 Å². The fourth-order valence-electron chi connectivity index (χ4n) is 1.88. The van der Waals surface area contributed by atoms with E-state index in [9.17, 15) is 0 Å². The number of hydrogen-bond donors (Lipinski definition) is 1. The van der Waals surface area contributed by atoms with E-state index in [0.29, 0.717) is 5.82 Å². The fourth-order valence-corrected chi connectivity index (χ4v) is 2.82. The molecule has 2 heterocycles. The second kappa shape index (κ2) is 3.56. The molecule has 0 aliphatic heterocycles. The maximum Gasteiger partial charge on any atom is 0.121 e. The highest BCUT2D eigenvalue weighted by Crippen LogP contribution is 2.32. The van der Waals surface area contributed by atoms with Gasteiger partial charge in [-0.05, 0) is 13.0 Å². The highest BCUT2D eigenvalue weighted by Gasteiger charge is 2.11. The van der Waals surface area contributed by atoms with Crippen LogP contribution in [0.5, 0.6) is 0 Å². The monoisotopic (exact) mass is 244 g/mol. The van der Waals surface area contributed by atoms with E-state index in [0.717, 1.165) is 21.8 Å². The summed E-state index contributed by atoms with van der Waals surface area (Å²) in [6, 6.07) is 7.97. The predicted molar refractivity (Wildman–Crippen MR) is 71.0 cm³/mol. The molecule has 3 rings (SSSR count). The number of nitrogens with zero attached hydrogens (tertiary/aromatic N) is 3. The Labute approximate surface area is 103 Å². The Hall–Kier alpha value is -1.88. The number of rotatable bonds is 1. The van der Waals surface area contributed by atoms with E-state index in [1.807, 2.05) is 32.2 Å². The fraction of sp³-hybridized carbons (Fsp3) is 0.167. The van der Waals surface area contributed by atoms with Crippen LogP contribution in [-0.4, -0.2) is 14.8 Å². The zero-order valence-electron chi connectivity index (χ0n) is 9.64. The topological polar surface area (TPSA) is 56.7 Å². The quantitative estimate of drug-likeness (QED) is 0.715. The van der Waals surface area contributed by atoms with Crippen LogP contribution in [0, 0.1) is 6.92 Å². The first-order valence-electron chi connectivity index (χ1n) is 5.31. The van der Waals surface area contributed by atoms with Gasteiger partial charge in [0.2, 0.25) is 0 Å². The molecule has 0 unspecified atom stereocenters. The highest BCUT2D eigenvalue weighted by molar-refractivity contribution is 7.19. The van der Waals surface area contributed by atoms with Crippen LogP contribution < -0.4 is 5.73 Å². The van der Waals surface area contributed by atoms with Crippen LogP contribution in [0.25, 0.3) is 21.5 Å². The molecule has 0 aliphatic carbocycles. The second-order valence-electron chi connectivity index (χ2n) is 3.96. The number of fused-ring (bicyclic) bond motifs is 1. The molecule has 0 atom stereocenters. The predicted octanol–water partition coefficient (Wildman–Crippen LogP) is 2.59. The summed E-state index contributed by atoms with van der Waals surface area (Å²) in [6.07, 6.45) is 0. The standard InChI is InChI=1S/C12H12N4S/c1-7-14-9-5-3-4-8(12(9)17-7)10-6-11(13)16(2)15-10/h3-6H,13H2,1-2H3. The molecule has 17 heavy (non-hydrogen) atoms. The van der Waals surface area contributed by atoms with E-state index in [2.05, 4.69) is 16.1 Å². The Kier molecular flexibility index (Phi) is 2.16. The average molecular weight is 244 g/mol. The number of aryl methyl sites for hydroxylation is 2. The third-order valence-corrected chi connectivity index (χ3v) is 3.73. The van der Waals surface area contributed by atoms with Crippen LogP contribution in [0.15, 0.2) is 24.3 Å². The van der Waals surface area contributed by atoms with Crippen LogP contribution in [-0.2, 0) is 7.05 Å². The number of nitrogens with two attached hydrogens (primary N) is 1. The summed E-state index contributed by atoms with van der Waals surface area (Å²) in [5.41, 5.74) is 8.84. The molecule has 0 aliphatic rings. The third kappa shape index (κ3) is 1.59. The maximum atomic E-state index is 5.82. The Balaban J connectivity index is 2.29. The SMILES string of the molecule is Cc1nc2cccc(-c3cc(N)n(C)n3)c2s1. The van der Waals surface area contributed by atoms with Gasteiger partial charge in [0.25, 0.3) is 0 Å². The summed E-state index contributed by atoms with van der Waals surface area (Å²) in [6.45, 7) is 2.02. The molecule has 86 valence electrons. The molecule has 0 fully saturated rings. The lowest BCUT2D eigenvalue weighted by Gasteiger charge is -1.97. The molecule has 4 nitrogen and oxygen atoms in total. The highest BCUT2D eigenvalue weighted by atomic mass is 32.1. The Morgan fingerprint density at radius 1 is 1.35 bits per heavy atom. The van der Waals surface area contributed by atoms with E-state index >= 15 is 0 Å². The molecule has 0 bridgehead atoms. The van der Waals surface area contributed by atoms with E-state index in [4.69, 9.17) is 5.73 Å². The molecule has 0 spiro atoms. The molecule has 0 saturated carbocycles. The summed E-state index contributed by atoms with van der Waals surface area (Å²) in [5, 5.41) is 5.48. The van der Waals surface area contributed by atoms with Crippen molar-refractivity contribution in [2.45, 2.75) is 6.92 Å². The molecule has 0 amide bonds. The van der Waals surface area contributed by atoms with Crippen LogP contribution in [0.3, 0.4) is 0 Å². The molecule has 2 N–H and O–H groups in total. The van der Waals surface area contributed by atoms with E-state index in [-0.39, 0.29) is 0 Å². The van der Waals surface area contributed by atoms with Crippen LogP contribution in [0.2, 0.25) is 0 Å². The smallest absolute Gasteiger partial charge is 0.121 e. The molecule has 0 saturated heterocycles. The van der Waals surface area contributed by atoms with Crippen molar-refractivity contribution in [2.24, 2.45) is 7.05 Å². The van der Waals surface area contributed by atoms with Crippen molar-refractivity contribution in [3.8, 4) is 11.3 Å². The Morgan fingerprint density at radius 3 is 2.88 bits per heavy atom. The molecule has 5 heteroatoms. The molecule has 2 aromatic heterocycles. The minimum Gasteiger partial charge on any atom is -0.384 e. The van der Waals surface area contributed by atoms with Crippen molar-refractivity contribution < 1.29 is 0 Å². The lowest BCUT2D eigenvalue weighted by atomic mass is 10.1. The summed E-state index contributed by atoms with van der Waals surface area (Å²) < 4.78 is 2.85. The van der Waals surface area contributed by atoms with Gasteiger partial charge in [0.05, 0.1) is 20.9 Å². The number of thiazole rings is 1. The molecule has 0 radical (unpaired) electrons. The largest absolute Gasteiger partial charge is 0.384 e. The zero-order valence-corrected chi connectivity index (χ0v) is 10.5. The molecular weight excluding hydrogens is 232 g/mol. The Bertz CT molecular complexity index is 676. The van der Waals surface area contributed by atoms with E-state index < -0.39 is 0 Å². The van der Waals surface area contributed by atoms with Gasteiger partial charge in [0, 0.05) is 18.7 Å². The van der Waals surface area contributed by atoms with Crippen LogP contribution >= 0.6 is 11.3 Å². The van der Waals surface area contributed by atoms with Crippen molar-refractivity contribution in [1.82, 2.24) is 14.8 Å². The molecule has 1 aromatic carbocycles. The first-order valence-corrected chi connectivity index (χ1v) is 6.13. The maximum absolute atomic E-state index is 5.82. The third-order valence-electron chi connectivity index (χ3n) is 2.71. The van der Waals surface area contributed by atoms with Gasteiger partial charge in [-0.2, -0.15) is 5.10 Å². The number of benzene rings is 1. The minimum absolute atomic E-state index is 0.665. The van der Waals surface area contributed by atoms with Gasteiger partial charge in [-0.25, -0.2) is 4.98 Å². The average Bonchev–Trinajstić information content (AvgIpc) is 2.81. The summed E-state index contributed by atoms with van der Waals surface area (Å²) in [4.78, 5) is 4.48. The summed E-state index contributed by atoms with van der Waals surface area (Å²) >= 11 is 1.69. The van der Waals surface area contributed by atoms with Gasteiger partial charge in [0.15, 0.2) is 0 Å². The zero-order chi connectivity index (χ0) is 12.0. The first kappa shape index (κ1) is 10.3. The normalized spacial score (nSPS) is 11.2. The van der Waals surface area contributed by atoms with Gasteiger partial charge >= 0.3 is 0 Å². The summed E-state index contributed by atoms with van der Waals surface area (Å²) in [7, 11) is 1.84. The number of hydrogen-bond acceptors (Lipinski definition) is 4. The van der Waals surface area contributed by atoms with Crippen molar-refractivity contribution in [1.29, 1.82) is 0 Å². The lowest BCUT2D eigenvalue weighted by Crippen LogP contribution is -1.96. The van der Waals surface area contributed by atoms with Crippen LogP contribution in [0.1, 0.15) is 5.01 Å². The van der Waals surface area contributed by atoms with E-state index in [1.165, 1.54) is 4.70 Å². The van der Waals surface area contributed by atoms with Crippen molar-refractivity contribution in [2.75, 3.05) is 5.73 Å². The Morgan fingerprint density at radius 2 is 2.18 bits per heavy atom. The summed E-state index contributed by atoms with van der Waals surface area (Å²) in [5.74, 6) is 0.665. The number of anilines is 1. The lowest BCUT2D eigenvalue weighted by molar-refractivity contribution is 0.782. The number of aromatic nitrogens is 3. The first-order chi connectivity index (χ1) is 8.15. The van der Waals surface area contributed by atoms with Crippen LogP contribution in [0.4, 0.5) is 5.82 Å².